The third-order valence-corrected chi connectivity index (χ3v) is 3.25. The van der Waals surface area contributed by atoms with Gasteiger partial charge in [0, 0.05) is 25.7 Å². The lowest BCUT2D eigenvalue weighted by molar-refractivity contribution is -0.140. The Kier molecular flexibility index (Phi) is 3.56. The number of nitrogens with one attached hydrogen (secondary N) is 1. The van der Waals surface area contributed by atoms with E-state index < -0.39 is 5.97 Å². The van der Waals surface area contributed by atoms with Crippen molar-refractivity contribution in [1.82, 2.24) is 10.2 Å². The number of carboxylic acids is 1. The van der Waals surface area contributed by atoms with Gasteiger partial charge in [0.25, 0.3) is 0 Å². The Morgan fingerprint density at radius 2 is 2.07 bits per heavy atom. The van der Waals surface area contributed by atoms with Crippen LogP contribution in [0.3, 0.4) is 0 Å². The summed E-state index contributed by atoms with van der Waals surface area (Å²) in [4.78, 5) is 13.1. The van der Waals surface area contributed by atoms with E-state index in [1.165, 1.54) is 0 Å². The fourth-order valence-corrected chi connectivity index (χ4v) is 2.31. The maximum Gasteiger partial charge on any atom is 0.320 e. The molecule has 15 heavy (non-hydrogen) atoms. The lowest BCUT2D eigenvalue weighted by Gasteiger charge is -2.38. The number of aliphatic carboxylic acids is 1. The topological polar surface area (TPSA) is 61.8 Å². The van der Waals surface area contributed by atoms with E-state index in [4.69, 9.17) is 9.84 Å². The molecule has 2 rings (SSSR count). The third kappa shape index (κ3) is 2.68. The normalized spacial score (nSPS) is 33.9. The quantitative estimate of drug-likeness (QED) is 0.650. The van der Waals surface area contributed by atoms with Crippen molar-refractivity contribution in [3.8, 4) is 0 Å². The molecule has 0 saturated carbocycles. The molecular formula is C10H18N2O3. The van der Waals surface area contributed by atoms with Crippen molar-refractivity contribution in [2.24, 2.45) is 0 Å². The maximum absolute atomic E-state index is 10.7. The molecule has 2 atom stereocenters. The number of carbonyl (C=O) groups is 1. The first-order valence-corrected chi connectivity index (χ1v) is 5.55. The van der Waals surface area contributed by atoms with Crippen LogP contribution in [0.25, 0.3) is 0 Å². The van der Waals surface area contributed by atoms with Crippen LogP contribution in [-0.4, -0.2) is 60.9 Å². The van der Waals surface area contributed by atoms with Crippen LogP contribution >= 0.6 is 0 Å². The molecule has 0 amide bonds. The van der Waals surface area contributed by atoms with Crippen LogP contribution in [0.1, 0.15) is 12.8 Å². The molecule has 2 fully saturated rings. The maximum atomic E-state index is 10.7. The summed E-state index contributed by atoms with van der Waals surface area (Å²) in [6.07, 6.45) is 1.71. The van der Waals surface area contributed by atoms with Crippen molar-refractivity contribution in [2.45, 2.75) is 24.9 Å². The van der Waals surface area contributed by atoms with E-state index in [1.807, 2.05) is 0 Å². The van der Waals surface area contributed by atoms with E-state index in [2.05, 4.69) is 10.2 Å². The van der Waals surface area contributed by atoms with Gasteiger partial charge in [-0.2, -0.15) is 0 Å². The number of carboxylic acid groups (broad SMARTS) is 1. The fourth-order valence-electron chi connectivity index (χ4n) is 2.31. The van der Waals surface area contributed by atoms with E-state index >= 15 is 0 Å². The van der Waals surface area contributed by atoms with Gasteiger partial charge in [-0.25, -0.2) is 0 Å². The summed E-state index contributed by atoms with van der Waals surface area (Å²) in [7, 11) is 0. The minimum Gasteiger partial charge on any atom is -0.480 e. The minimum absolute atomic E-state index is 0.345. The Morgan fingerprint density at radius 3 is 2.60 bits per heavy atom. The zero-order chi connectivity index (χ0) is 10.7. The van der Waals surface area contributed by atoms with Gasteiger partial charge < -0.3 is 15.2 Å². The first-order valence-electron chi connectivity index (χ1n) is 5.55. The lowest BCUT2D eigenvalue weighted by Crippen LogP contribution is -2.54. The summed E-state index contributed by atoms with van der Waals surface area (Å²) in [5.41, 5.74) is 0. The third-order valence-electron chi connectivity index (χ3n) is 3.25. The highest BCUT2D eigenvalue weighted by Gasteiger charge is 2.29. The Bertz CT molecular complexity index is 221. The first-order chi connectivity index (χ1) is 7.27. The minimum atomic E-state index is -0.726. The molecule has 0 bridgehead atoms. The van der Waals surface area contributed by atoms with Gasteiger partial charge in [-0.15, -0.1) is 0 Å². The van der Waals surface area contributed by atoms with E-state index in [0.717, 1.165) is 45.7 Å². The van der Waals surface area contributed by atoms with E-state index in [9.17, 15) is 4.79 Å². The molecular weight excluding hydrogens is 196 g/mol. The molecule has 2 aliphatic heterocycles. The molecule has 5 heteroatoms. The molecule has 0 spiro atoms. The molecule has 0 aliphatic carbocycles. The van der Waals surface area contributed by atoms with E-state index in [1.54, 1.807) is 0 Å². The van der Waals surface area contributed by atoms with Crippen molar-refractivity contribution >= 4 is 5.97 Å². The highest BCUT2D eigenvalue weighted by molar-refractivity contribution is 5.73. The Balaban J connectivity index is 1.79. The zero-order valence-electron chi connectivity index (χ0n) is 8.82. The molecule has 86 valence electrons. The van der Waals surface area contributed by atoms with Crippen molar-refractivity contribution in [3.63, 3.8) is 0 Å². The van der Waals surface area contributed by atoms with Gasteiger partial charge in [-0.1, -0.05) is 0 Å². The molecule has 2 unspecified atom stereocenters. The molecule has 0 aromatic heterocycles. The average molecular weight is 214 g/mol. The molecule has 5 nitrogen and oxygen atoms in total. The second-order valence-corrected chi connectivity index (χ2v) is 4.18. The van der Waals surface area contributed by atoms with Gasteiger partial charge in [0.15, 0.2) is 0 Å². The second kappa shape index (κ2) is 4.92. The number of hydrogen-bond acceptors (Lipinski definition) is 4. The molecule has 2 saturated heterocycles. The van der Waals surface area contributed by atoms with Crippen LogP contribution in [0.15, 0.2) is 0 Å². The number of piperidine rings is 1. The highest BCUT2D eigenvalue weighted by atomic mass is 16.5. The van der Waals surface area contributed by atoms with Crippen LogP contribution in [-0.2, 0) is 9.53 Å². The van der Waals surface area contributed by atoms with E-state index in [0.29, 0.717) is 6.04 Å². The van der Waals surface area contributed by atoms with Crippen LogP contribution < -0.4 is 5.32 Å². The molecule has 0 aromatic rings. The van der Waals surface area contributed by atoms with Crippen molar-refractivity contribution in [3.05, 3.63) is 0 Å². The molecule has 2 N–H and O–H groups in total. The summed E-state index contributed by atoms with van der Waals surface area (Å²) >= 11 is 0. The largest absolute Gasteiger partial charge is 0.480 e. The summed E-state index contributed by atoms with van der Waals surface area (Å²) in [5, 5.41) is 11.9. The molecule has 2 aliphatic rings. The zero-order valence-corrected chi connectivity index (χ0v) is 8.82. The molecule has 0 aromatic carbocycles. The molecule has 2 heterocycles. The molecule has 0 radical (unpaired) electrons. The number of nitrogens with zero attached hydrogens (tertiary/aromatic N) is 1. The summed E-state index contributed by atoms with van der Waals surface area (Å²) in [6.45, 7) is 4.35. The Labute approximate surface area is 89.4 Å². The van der Waals surface area contributed by atoms with Gasteiger partial charge in [-0.3, -0.25) is 9.69 Å². The second-order valence-electron chi connectivity index (χ2n) is 4.18. The standard InChI is InChI=1S/C10H18N2O3/c13-10(14)9-2-1-8(7-11-9)12-3-5-15-6-4-12/h8-9,11H,1-7H2,(H,13,14). The van der Waals surface area contributed by atoms with Crippen LogP contribution in [0.2, 0.25) is 0 Å². The SMILES string of the molecule is O=C(O)C1CCC(N2CCOCC2)CN1. The van der Waals surface area contributed by atoms with Crippen LogP contribution in [0.5, 0.6) is 0 Å². The number of morpholine rings is 1. The van der Waals surface area contributed by atoms with Crippen LogP contribution in [0, 0.1) is 0 Å². The smallest absolute Gasteiger partial charge is 0.320 e. The highest BCUT2D eigenvalue weighted by Crippen LogP contribution is 2.15. The fraction of sp³-hybridized carbons (Fsp3) is 0.900. The van der Waals surface area contributed by atoms with Gasteiger partial charge >= 0.3 is 5.97 Å². The summed E-state index contributed by atoms with van der Waals surface area (Å²) in [6, 6.07) is 0.145. The van der Waals surface area contributed by atoms with E-state index in [-0.39, 0.29) is 6.04 Å². The Morgan fingerprint density at radius 1 is 1.33 bits per heavy atom. The number of hydrogen-bond donors (Lipinski definition) is 2. The average Bonchev–Trinajstić information content (AvgIpc) is 2.30. The number of ether oxygens (including phenoxy) is 1. The van der Waals surface area contributed by atoms with Crippen molar-refractivity contribution in [1.29, 1.82) is 0 Å². The van der Waals surface area contributed by atoms with Gasteiger partial charge in [-0.05, 0) is 12.8 Å². The lowest BCUT2D eigenvalue weighted by atomic mass is 9.99. The predicted octanol–water partition coefficient (Wildman–Crippen LogP) is -0.476. The first kappa shape index (κ1) is 10.9. The van der Waals surface area contributed by atoms with Gasteiger partial charge in [0.1, 0.15) is 6.04 Å². The summed E-state index contributed by atoms with van der Waals surface area (Å²) < 4.78 is 5.29. The number of rotatable bonds is 2. The van der Waals surface area contributed by atoms with Crippen molar-refractivity contribution in [2.75, 3.05) is 32.8 Å². The van der Waals surface area contributed by atoms with Gasteiger partial charge in [0.2, 0.25) is 0 Å². The van der Waals surface area contributed by atoms with Gasteiger partial charge in [0.05, 0.1) is 13.2 Å². The summed E-state index contributed by atoms with van der Waals surface area (Å²) in [5.74, 6) is -0.726. The van der Waals surface area contributed by atoms with Crippen molar-refractivity contribution < 1.29 is 14.6 Å². The Hall–Kier alpha value is -0.650. The predicted molar refractivity (Wildman–Crippen MR) is 54.8 cm³/mol. The monoisotopic (exact) mass is 214 g/mol. The van der Waals surface area contributed by atoms with Crippen LogP contribution in [0.4, 0.5) is 0 Å².